The lowest BCUT2D eigenvalue weighted by atomic mass is 9.73. The molecule has 1 rings (SSSR count). The molecule has 0 aromatic heterocycles. The van der Waals surface area contributed by atoms with E-state index >= 15 is 0 Å². The van der Waals surface area contributed by atoms with Crippen LogP contribution in [0.3, 0.4) is 0 Å². The molecular weight excluding hydrogens is 304 g/mol. The molecular formula is C20H34O4. The van der Waals surface area contributed by atoms with Gasteiger partial charge in [-0.1, -0.05) is 46.3 Å². The van der Waals surface area contributed by atoms with Gasteiger partial charge >= 0.3 is 0 Å². The third-order valence-corrected chi connectivity index (χ3v) is 4.93. The Morgan fingerprint density at radius 2 is 2.00 bits per heavy atom. The van der Waals surface area contributed by atoms with Gasteiger partial charge in [0.05, 0.1) is 0 Å². The second kappa shape index (κ2) is 8.93. The van der Waals surface area contributed by atoms with E-state index in [2.05, 4.69) is 39.8 Å². The van der Waals surface area contributed by atoms with E-state index in [0.717, 1.165) is 25.7 Å². The topological polar surface area (TPSA) is 77.8 Å². The van der Waals surface area contributed by atoms with E-state index in [4.69, 9.17) is 0 Å². The Morgan fingerprint density at radius 1 is 1.33 bits per heavy atom. The van der Waals surface area contributed by atoms with Crippen molar-refractivity contribution in [3.63, 3.8) is 0 Å². The van der Waals surface area contributed by atoms with Gasteiger partial charge in [0, 0.05) is 0 Å². The van der Waals surface area contributed by atoms with Crippen molar-refractivity contribution in [2.24, 2.45) is 11.3 Å². The number of aliphatic hydroxyl groups is 3. The van der Waals surface area contributed by atoms with Crippen LogP contribution in [0.25, 0.3) is 0 Å². The number of unbranched alkanes of at least 4 members (excludes halogenated alkanes) is 1. The van der Waals surface area contributed by atoms with Crippen molar-refractivity contribution >= 4 is 5.78 Å². The number of aliphatic hydroxyl groups excluding tert-OH is 2. The maximum atomic E-state index is 12.0. The largest absolute Gasteiger partial charge is 0.387 e. The zero-order chi connectivity index (χ0) is 18.4. The molecule has 0 aliphatic heterocycles. The summed E-state index contributed by atoms with van der Waals surface area (Å²) in [5, 5.41) is 30.3. The Kier molecular flexibility index (Phi) is 7.84. The predicted octanol–water partition coefficient (Wildman–Crippen LogP) is 3.16. The molecule has 0 aromatic rings. The monoisotopic (exact) mass is 338 g/mol. The van der Waals surface area contributed by atoms with Crippen molar-refractivity contribution in [1.82, 2.24) is 0 Å². The molecule has 1 aliphatic rings. The summed E-state index contributed by atoms with van der Waals surface area (Å²) in [6.07, 6.45) is 9.23. The Morgan fingerprint density at radius 3 is 2.62 bits per heavy atom. The average Bonchev–Trinajstić information content (AvgIpc) is 2.51. The van der Waals surface area contributed by atoms with E-state index < -0.39 is 23.6 Å². The van der Waals surface area contributed by atoms with Gasteiger partial charge < -0.3 is 15.3 Å². The van der Waals surface area contributed by atoms with Crippen molar-refractivity contribution < 1.29 is 20.1 Å². The Balaban J connectivity index is 2.57. The van der Waals surface area contributed by atoms with Crippen LogP contribution in [0.1, 0.15) is 66.2 Å². The first-order chi connectivity index (χ1) is 11.1. The second-order valence-electron chi connectivity index (χ2n) is 8.05. The van der Waals surface area contributed by atoms with Crippen LogP contribution in [-0.2, 0) is 4.79 Å². The summed E-state index contributed by atoms with van der Waals surface area (Å²) in [7, 11) is 0. The fourth-order valence-corrected chi connectivity index (χ4v) is 3.41. The summed E-state index contributed by atoms with van der Waals surface area (Å²) in [4.78, 5) is 12.0. The second-order valence-corrected chi connectivity index (χ2v) is 8.05. The molecule has 4 nitrogen and oxygen atoms in total. The van der Waals surface area contributed by atoms with Gasteiger partial charge in [0.15, 0.2) is 11.4 Å². The minimum atomic E-state index is -1.88. The van der Waals surface area contributed by atoms with Crippen molar-refractivity contribution in [2.75, 3.05) is 0 Å². The van der Waals surface area contributed by atoms with E-state index in [1.807, 2.05) is 0 Å². The highest BCUT2D eigenvalue weighted by Crippen LogP contribution is 2.36. The summed E-state index contributed by atoms with van der Waals surface area (Å²) in [5.41, 5.74) is -1.93. The zero-order valence-corrected chi connectivity index (χ0v) is 15.5. The molecule has 1 unspecified atom stereocenters. The highest BCUT2D eigenvalue weighted by Gasteiger charge is 2.47. The third-order valence-electron chi connectivity index (χ3n) is 4.93. The van der Waals surface area contributed by atoms with Crippen LogP contribution in [0.5, 0.6) is 0 Å². The van der Waals surface area contributed by atoms with Crippen molar-refractivity contribution in [1.29, 1.82) is 0 Å². The fraction of sp³-hybridized carbons (Fsp3) is 0.750. The van der Waals surface area contributed by atoms with Crippen LogP contribution in [0, 0.1) is 11.3 Å². The van der Waals surface area contributed by atoms with Crippen LogP contribution < -0.4 is 0 Å². The Hall–Kier alpha value is -0.970. The van der Waals surface area contributed by atoms with Gasteiger partial charge in [0.2, 0.25) is 0 Å². The molecule has 138 valence electrons. The van der Waals surface area contributed by atoms with Crippen molar-refractivity contribution in [3.8, 4) is 0 Å². The minimum absolute atomic E-state index is 0.0557. The van der Waals surface area contributed by atoms with E-state index in [-0.39, 0.29) is 11.8 Å². The lowest BCUT2D eigenvalue weighted by Crippen LogP contribution is -2.56. The Bertz CT molecular complexity index is 466. The molecule has 0 spiro atoms. The van der Waals surface area contributed by atoms with Gasteiger partial charge in [0.25, 0.3) is 0 Å². The molecule has 1 aliphatic carbocycles. The van der Waals surface area contributed by atoms with E-state index in [0.29, 0.717) is 12.3 Å². The quantitative estimate of drug-likeness (QED) is 0.564. The van der Waals surface area contributed by atoms with Crippen LogP contribution in [-0.4, -0.2) is 38.9 Å². The van der Waals surface area contributed by atoms with E-state index in [1.54, 1.807) is 0 Å². The number of allylic oxidation sites excluding steroid dienone is 2. The molecule has 0 radical (unpaired) electrons. The summed E-state index contributed by atoms with van der Waals surface area (Å²) < 4.78 is 0. The summed E-state index contributed by atoms with van der Waals surface area (Å²) in [5.74, 6) is -0.00753. The van der Waals surface area contributed by atoms with Crippen LogP contribution >= 0.6 is 0 Å². The van der Waals surface area contributed by atoms with Gasteiger partial charge in [-0.25, -0.2) is 0 Å². The molecule has 0 fully saturated rings. The number of carbonyl (C=O) groups excluding carboxylic acids is 1. The molecule has 0 heterocycles. The number of carbonyl (C=O) groups is 1. The molecule has 24 heavy (non-hydrogen) atoms. The number of hydrogen-bond donors (Lipinski definition) is 3. The molecule has 0 amide bonds. The highest BCUT2D eigenvalue weighted by molar-refractivity contribution is 5.98. The van der Waals surface area contributed by atoms with Crippen molar-refractivity contribution in [3.05, 3.63) is 24.3 Å². The Labute approximate surface area is 146 Å². The molecule has 0 bridgehead atoms. The summed E-state index contributed by atoms with van der Waals surface area (Å²) in [6, 6.07) is 0. The van der Waals surface area contributed by atoms with Gasteiger partial charge in [-0.15, -0.1) is 0 Å². The average molecular weight is 338 g/mol. The molecule has 4 heteroatoms. The van der Waals surface area contributed by atoms with Gasteiger partial charge in [-0.3, -0.25) is 4.79 Å². The zero-order valence-electron chi connectivity index (χ0n) is 15.5. The highest BCUT2D eigenvalue weighted by atomic mass is 16.4. The molecule has 4 atom stereocenters. The van der Waals surface area contributed by atoms with Gasteiger partial charge in [-0.2, -0.15) is 0 Å². The predicted molar refractivity (Wildman–Crippen MR) is 96.6 cm³/mol. The third kappa shape index (κ3) is 5.83. The molecule has 0 aromatic carbocycles. The minimum Gasteiger partial charge on any atom is -0.387 e. The fourth-order valence-electron chi connectivity index (χ4n) is 3.41. The summed E-state index contributed by atoms with van der Waals surface area (Å²) in [6.45, 7) is 8.61. The number of rotatable bonds is 9. The molecule has 0 saturated heterocycles. The van der Waals surface area contributed by atoms with Crippen LogP contribution in [0.4, 0.5) is 0 Å². The SMILES string of the molecule is CCC/C=C\CC(C)CC(C)(C)CC[C@]1(O)C(=O)C=C[C@H](O)[C@H]1O. The van der Waals surface area contributed by atoms with E-state index in [9.17, 15) is 20.1 Å². The van der Waals surface area contributed by atoms with Crippen molar-refractivity contribution in [2.45, 2.75) is 84.0 Å². The van der Waals surface area contributed by atoms with Gasteiger partial charge in [0.1, 0.15) is 12.2 Å². The standard InChI is InChI=1S/C20H34O4/c1-5-6-7-8-9-15(2)14-19(3,4)12-13-20(24)17(22)11-10-16(21)18(20)23/h7-8,10-11,15-16,18,21,23-24H,5-6,9,12-14H2,1-4H3/b8-7-/t15?,16-,18+,20-/m0/s1. The van der Waals surface area contributed by atoms with Crippen LogP contribution in [0.2, 0.25) is 0 Å². The maximum absolute atomic E-state index is 12.0. The van der Waals surface area contributed by atoms with Crippen LogP contribution in [0.15, 0.2) is 24.3 Å². The normalized spacial score (nSPS) is 29.4. The lowest BCUT2D eigenvalue weighted by Gasteiger charge is -2.38. The first-order valence-corrected chi connectivity index (χ1v) is 9.08. The number of ketones is 1. The number of hydrogen-bond acceptors (Lipinski definition) is 4. The van der Waals surface area contributed by atoms with Gasteiger partial charge in [-0.05, 0) is 55.6 Å². The summed E-state index contributed by atoms with van der Waals surface area (Å²) >= 11 is 0. The van der Waals surface area contributed by atoms with E-state index in [1.165, 1.54) is 12.2 Å². The first kappa shape index (κ1) is 21.1. The lowest BCUT2D eigenvalue weighted by molar-refractivity contribution is -0.159. The molecule has 3 N–H and O–H groups in total. The first-order valence-electron chi connectivity index (χ1n) is 9.08. The molecule has 0 saturated carbocycles. The maximum Gasteiger partial charge on any atom is 0.189 e. The smallest absolute Gasteiger partial charge is 0.189 e.